The number of carbonyl (C=O) groups excluding carboxylic acids is 2. The van der Waals surface area contributed by atoms with E-state index < -0.39 is 29.7 Å². The summed E-state index contributed by atoms with van der Waals surface area (Å²) in [7, 11) is 0. The van der Waals surface area contributed by atoms with E-state index in [0.717, 1.165) is 17.4 Å². The molecule has 2 N–H and O–H groups in total. The van der Waals surface area contributed by atoms with Crippen LogP contribution in [-0.4, -0.2) is 61.6 Å². The van der Waals surface area contributed by atoms with Gasteiger partial charge in [-0.25, -0.2) is 8.78 Å². The molecule has 2 amide bonds. The number of carbonyl (C=O) groups is 2. The summed E-state index contributed by atoms with van der Waals surface area (Å²) in [6, 6.07) is 0.00781. The average molecular weight is 478 g/mol. The van der Waals surface area contributed by atoms with Gasteiger partial charge in [-0.1, -0.05) is 13.8 Å². The van der Waals surface area contributed by atoms with Gasteiger partial charge in [0.25, 0.3) is 11.5 Å². The molecular weight excluding hydrogens is 448 g/mol. The quantitative estimate of drug-likeness (QED) is 0.595. The van der Waals surface area contributed by atoms with Crippen molar-refractivity contribution in [3.05, 3.63) is 33.8 Å². The number of likely N-dealkylation sites (tertiary alicyclic amines) is 1. The second-order valence-corrected chi connectivity index (χ2v) is 9.42. The molecule has 1 saturated heterocycles. The molecule has 11 heteroatoms. The number of rotatable bonds is 7. The lowest BCUT2D eigenvalue weighted by Crippen LogP contribution is -2.39. The zero-order valence-corrected chi connectivity index (χ0v) is 19.2. The molecule has 2 aromatic heterocycles. The summed E-state index contributed by atoms with van der Waals surface area (Å²) in [6.45, 7) is 4.67. The highest BCUT2D eigenvalue weighted by molar-refractivity contribution is 5.97. The van der Waals surface area contributed by atoms with Crippen LogP contribution in [0, 0.1) is 11.8 Å². The molecule has 34 heavy (non-hydrogen) atoms. The summed E-state index contributed by atoms with van der Waals surface area (Å²) < 4.78 is 28.3. The van der Waals surface area contributed by atoms with Crippen LogP contribution in [0.25, 0.3) is 11.7 Å². The first-order valence-corrected chi connectivity index (χ1v) is 11.6. The van der Waals surface area contributed by atoms with Crippen molar-refractivity contribution in [1.29, 1.82) is 0 Å². The minimum Gasteiger partial charge on any atom is -0.494 e. The maximum atomic E-state index is 13.0. The number of aromatic nitrogens is 3. The molecule has 4 rings (SSSR count). The van der Waals surface area contributed by atoms with Crippen LogP contribution in [0.5, 0.6) is 5.88 Å². The predicted molar refractivity (Wildman–Crippen MR) is 121 cm³/mol. The fourth-order valence-corrected chi connectivity index (χ4v) is 4.19. The number of hydrogen-bond donors (Lipinski definition) is 2. The highest BCUT2D eigenvalue weighted by atomic mass is 19.3. The molecule has 1 aliphatic carbocycles. The third-order valence-corrected chi connectivity index (χ3v) is 6.21. The molecule has 0 unspecified atom stereocenters. The van der Waals surface area contributed by atoms with E-state index >= 15 is 0 Å². The van der Waals surface area contributed by atoms with Crippen LogP contribution in [0.15, 0.2) is 17.1 Å². The van der Waals surface area contributed by atoms with Gasteiger partial charge in [0.2, 0.25) is 18.2 Å². The van der Waals surface area contributed by atoms with Crippen LogP contribution in [0.2, 0.25) is 0 Å². The van der Waals surface area contributed by atoms with Gasteiger partial charge in [0.1, 0.15) is 5.65 Å². The van der Waals surface area contributed by atoms with Crippen molar-refractivity contribution in [3.63, 3.8) is 0 Å². The van der Waals surface area contributed by atoms with E-state index in [1.54, 1.807) is 0 Å². The number of fused-ring (bicyclic) bond motifs is 1. The lowest BCUT2D eigenvalue weighted by atomic mass is 9.97. The second kappa shape index (κ2) is 9.55. The molecule has 0 radical (unpaired) electrons. The topological polar surface area (TPSA) is 109 Å². The van der Waals surface area contributed by atoms with E-state index in [2.05, 4.69) is 10.4 Å². The Labute approximate surface area is 195 Å². The minimum atomic E-state index is -2.38. The summed E-state index contributed by atoms with van der Waals surface area (Å²) >= 11 is 0. The Morgan fingerprint density at radius 2 is 1.91 bits per heavy atom. The van der Waals surface area contributed by atoms with Gasteiger partial charge in [-0.15, -0.1) is 0 Å². The number of nitrogens with zero attached hydrogens (tertiary/aromatic N) is 4. The van der Waals surface area contributed by atoms with Gasteiger partial charge < -0.3 is 15.3 Å². The predicted octanol–water partition coefficient (Wildman–Crippen LogP) is 2.27. The van der Waals surface area contributed by atoms with Gasteiger partial charge in [0.05, 0.1) is 6.20 Å². The van der Waals surface area contributed by atoms with Crippen LogP contribution in [0.1, 0.15) is 55.5 Å². The van der Waals surface area contributed by atoms with Gasteiger partial charge in [-0.2, -0.15) is 9.61 Å². The Morgan fingerprint density at radius 3 is 2.50 bits per heavy atom. The van der Waals surface area contributed by atoms with Crippen molar-refractivity contribution in [1.82, 2.24) is 24.4 Å². The number of aromatic hydroxyl groups is 1. The second-order valence-electron chi connectivity index (χ2n) is 9.42. The van der Waals surface area contributed by atoms with E-state index in [1.807, 2.05) is 13.8 Å². The summed E-state index contributed by atoms with van der Waals surface area (Å²) in [5.74, 6) is -2.03. The van der Waals surface area contributed by atoms with E-state index in [9.17, 15) is 28.3 Å². The van der Waals surface area contributed by atoms with Crippen molar-refractivity contribution in [3.8, 4) is 5.88 Å². The number of nitrogens with one attached hydrogen (secondary N) is 1. The van der Waals surface area contributed by atoms with E-state index in [1.165, 1.54) is 27.8 Å². The number of amides is 2. The van der Waals surface area contributed by atoms with E-state index in [4.69, 9.17) is 0 Å². The van der Waals surface area contributed by atoms with Crippen molar-refractivity contribution < 1.29 is 23.5 Å². The molecule has 2 aliphatic rings. The number of alkyl halides is 2. The van der Waals surface area contributed by atoms with Crippen LogP contribution in [0.4, 0.5) is 8.78 Å². The smallest absolute Gasteiger partial charge is 0.291 e. The molecule has 0 aromatic carbocycles. The summed E-state index contributed by atoms with van der Waals surface area (Å²) in [6.07, 6.45) is 3.98. The van der Waals surface area contributed by atoms with Crippen LogP contribution < -0.4 is 10.9 Å². The van der Waals surface area contributed by atoms with E-state index in [0.29, 0.717) is 12.1 Å². The fourth-order valence-electron chi connectivity index (χ4n) is 4.19. The van der Waals surface area contributed by atoms with Gasteiger partial charge in [-0.05, 0) is 37.7 Å². The Morgan fingerprint density at radius 1 is 1.24 bits per heavy atom. The Kier molecular flexibility index (Phi) is 6.72. The van der Waals surface area contributed by atoms with Crippen molar-refractivity contribution in [2.75, 3.05) is 13.1 Å². The van der Waals surface area contributed by atoms with Gasteiger partial charge in [0, 0.05) is 43.2 Å². The molecule has 0 bridgehead atoms. The lowest BCUT2D eigenvalue weighted by Gasteiger charge is -2.30. The number of piperidine rings is 1. The monoisotopic (exact) mass is 477 g/mol. The van der Waals surface area contributed by atoms with Crippen molar-refractivity contribution >= 4 is 23.5 Å². The molecule has 3 heterocycles. The zero-order valence-electron chi connectivity index (χ0n) is 19.2. The molecule has 9 nitrogen and oxygen atoms in total. The first kappa shape index (κ1) is 23.9. The molecular formula is C23H29F2N5O4. The Hall–Kier alpha value is -3.24. The molecule has 0 atom stereocenters. The van der Waals surface area contributed by atoms with Crippen LogP contribution in [-0.2, 0) is 11.3 Å². The summed E-state index contributed by atoms with van der Waals surface area (Å²) in [5, 5.41) is 17.8. The highest BCUT2D eigenvalue weighted by Crippen LogP contribution is 2.26. The Balaban J connectivity index is 1.65. The fraction of sp³-hybridized carbons (Fsp3) is 0.565. The van der Waals surface area contributed by atoms with Crippen molar-refractivity contribution in [2.45, 2.75) is 58.5 Å². The lowest BCUT2D eigenvalue weighted by molar-refractivity contribution is -0.128. The molecule has 1 saturated carbocycles. The first-order valence-electron chi connectivity index (χ1n) is 11.6. The van der Waals surface area contributed by atoms with Gasteiger partial charge >= 0.3 is 0 Å². The summed E-state index contributed by atoms with van der Waals surface area (Å²) in [5.41, 5.74) is -0.431. The maximum absolute atomic E-state index is 13.0. The number of hydrogen-bond acceptors (Lipinski definition) is 5. The first-order chi connectivity index (χ1) is 16.2. The molecule has 2 fully saturated rings. The third-order valence-electron chi connectivity index (χ3n) is 6.21. The maximum Gasteiger partial charge on any atom is 0.291 e. The van der Waals surface area contributed by atoms with Crippen LogP contribution >= 0.6 is 0 Å². The van der Waals surface area contributed by atoms with Crippen molar-refractivity contribution in [2.24, 2.45) is 11.8 Å². The Bertz CT molecular complexity index is 1170. The standard InChI is InChI=1S/C23H29F2N5O4/c1-13(2)12-29-21-15(3-6-17(31)28-9-7-14(8-10-28)19(24)25)11-26-30(21)23(34)18(22(29)33)20(32)27-16-4-5-16/h3,6,11,13-14,16,19,33H,4-5,7-10,12H2,1-2H3,(H,27,32). The molecule has 184 valence electrons. The third kappa shape index (κ3) is 4.83. The SMILES string of the molecule is CC(C)Cn1c(O)c(C(=O)NC2CC2)c(=O)n2ncc(C=CC(=O)N3CCC(C(F)F)CC3)c12. The van der Waals surface area contributed by atoms with Gasteiger partial charge in [0.15, 0.2) is 5.56 Å². The summed E-state index contributed by atoms with van der Waals surface area (Å²) in [4.78, 5) is 39.8. The number of halogens is 2. The molecule has 1 aliphatic heterocycles. The highest BCUT2D eigenvalue weighted by Gasteiger charge is 2.30. The minimum absolute atomic E-state index is 0.00781. The molecule has 2 aromatic rings. The zero-order chi connectivity index (χ0) is 24.6. The normalized spacial score (nSPS) is 17.4. The van der Waals surface area contributed by atoms with Crippen LogP contribution in [0.3, 0.4) is 0 Å². The largest absolute Gasteiger partial charge is 0.494 e. The van der Waals surface area contributed by atoms with Gasteiger partial charge in [-0.3, -0.25) is 19.0 Å². The van der Waals surface area contributed by atoms with E-state index in [-0.39, 0.29) is 55.0 Å². The average Bonchev–Trinajstić information content (AvgIpc) is 3.50. The molecule has 0 spiro atoms.